The molecule has 6 atom stereocenters. The Morgan fingerprint density at radius 3 is 2.51 bits per heavy atom. The molecule has 0 amide bonds. The number of aliphatic hydroxyl groups is 1. The maximum absolute atomic E-state index is 16.3. The third kappa shape index (κ3) is 7.04. The first-order chi connectivity index (χ1) is 20.0. The highest BCUT2D eigenvalue weighted by atomic mass is 31.2. The van der Waals surface area contributed by atoms with Gasteiger partial charge < -0.3 is 30.2 Å². The number of rotatable bonds is 12. The van der Waals surface area contributed by atoms with Crippen LogP contribution >= 0.6 is 7.75 Å². The summed E-state index contributed by atoms with van der Waals surface area (Å²) in [5, 5.41) is 16.3. The van der Waals surface area contributed by atoms with Crippen LogP contribution < -0.4 is 20.7 Å². The van der Waals surface area contributed by atoms with Gasteiger partial charge in [0.1, 0.15) is 18.4 Å². The lowest BCUT2D eigenvalue weighted by Gasteiger charge is -2.28. The van der Waals surface area contributed by atoms with Crippen molar-refractivity contribution in [1.82, 2.24) is 24.6 Å². The summed E-state index contributed by atoms with van der Waals surface area (Å²) in [4.78, 5) is 24.8. The van der Waals surface area contributed by atoms with Crippen molar-refractivity contribution in [3.8, 4) is 5.75 Å². The van der Waals surface area contributed by atoms with Gasteiger partial charge >= 0.3 is 13.7 Å². The Morgan fingerprint density at radius 2 is 1.88 bits per heavy atom. The van der Waals surface area contributed by atoms with E-state index < -0.39 is 56.3 Å². The molecule has 5 N–H and O–H groups in total. The predicted molar refractivity (Wildman–Crippen MR) is 152 cm³/mol. The lowest BCUT2D eigenvalue weighted by Crippen LogP contribution is -2.47. The Kier molecular flexibility index (Phi) is 9.28. The number of benzene rings is 1. The van der Waals surface area contributed by atoms with E-state index in [9.17, 15) is 14.5 Å². The molecule has 17 heteroatoms. The number of halogens is 2. The number of hydrogen-bond acceptors (Lipinski definition) is 12. The fraction of sp³-hybridized carbons (Fsp3) is 0.538. The number of para-hydroxylation sites is 1. The van der Waals surface area contributed by atoms with Crippen LogP contribution in [0.2, 0.25) is 0 Å². The first-order valence-electron chi connectivity index (χ1n) is 13.5. The number of anilines is 2. The van der Waals surface area contributed by atoms with Crippen molar-refractivity contribution in [2.24, 2.45) is 0 Å². The number of aliphatic hydroxyl groups excluding tert-OH is 1. The summed E-state index contributed by atoms with van der Waals surface area (Å²) in [6.07, 6.45) is -3.58. The van der Waals surface area contributed by atoms with Crippen molar-refractivity contribution >= 4 is 36.6 Å². The van der Waals surface area contributed by atoms with Gasteiger partial charge in [-0.1, -0.05) is 18.2 Å². The number of esters is 1. The van der Waals surface area contributed by atoms with Gasteiger partial charge in [0.2, 0.25) is 5.95 Å². The number of carbonyl (C=O) groups excluding carboxylic acids is 1. The number of carbonyl (C=O) groups is 1. The number of imidazole rings is 1. The predicted octanol–water partition coefficient (Wildman–Crippen LogP) is 3.65. The monoisotopic (exact) mass is 627 g/mol. The number of ether oxygens (including phenoxy) is 2. The van der Waals surface area contributed by atoms with Crippen LogP contribution in [-0.4, -0.2) is 73.0 Å². The Balaban J connectivity index is 1.62. The first-order valence-corrected chi connectivity index (χ1v) is 15.1. The second-order valence-corrected chi connectivity index (χ2v) is 12.6. The van der Waals surface area contributed by atoms with E-state index in [-0.39, 0.29) is 34.7 Å². The highest BCUT2D eigenvalue weighted by molar-refractivity contribution is 7.52. The van der Waals surface area contributed by atoms with Crippen LogP contribution in [0.25, 0.3) is 11.2 Å². The van der Waals surface area contributed by atoms with Gasteiger partial charge in [-0.2, -0.15) is 15.1 Å². The Labute approximate surface area is 246 Å². The second-order valence-electron chi connectivity index (χ2n) is 10.9. The molecule has 1 unspecified atom stereocenters. The highest BCUT2D eigenvalue weighted by Crippen LogP contribution is 2.52. The van der Waals surface area contributed by atoms with Gasteiger partial charge in [-0.05, 0) is 53.7 Å². The number of fused-ring (bicyclic) bond motifs is 1. The zero-order chi connectivity index (χ0) is 31.7. The van der Waals surface area contributed by atoms with Crippen LogP contribution in [0.5, 0.6) is 5.75 Å². The molecule has 0 radical (unpaired) electrons. The molecule has 1 fully saturated rings. The quantitative estimate of drug-likeness (QED) is 0.169. The summed E-state index contributed by atoms with van der Waals surface area (Å²) in [5.41, 5.74) is 3.30. The van der Waals surface area contributed by atoms with Crippen LogP contribution in [0.3, 0.4) is 0 Å². The van der Waals surface area contributed by atoms with E-state index in [1.54, 1.807) is 32.0 Å². The molecule has 0 aliphatic carbocycles. The maximum atomic E-state index is 16.3. The second kappa shape index (κ2) is 12.3. The highest BCUT2D eigenvalue weighted by Gasteiger charge is 2.65. The van der Waals surface area contributed by atoms with Gasteiger partial charge in [0.05, 0.1) is 12.4 Å². The first kappa shape index (κ1) is 32.5. The molecular formula is C26H36F2N7O7P. The average Bonchev–Trinajstić information content (AvgIpc) is 3.40. The van der Waals surface area contributed by atoms with E-state index in [0.717, 1.165) is 17.8 Å². The lowest BCUT2D eigenvalue weighted by atomic mass is 9.97. The smallest absolute Gasteiger partial charge is 0.459 e. The standard InChI is InChI=1S/C26H36F2N7O7P/c1-14(2)31-19-18-20(33-24(29)32-19)35(13-30-18)23-25(6,27)22(37)26(28,41-23)12-39-43(38,42-17-10-8-7-9-11-17)34-16(5)21(36)40-15(3)4/h7-11,13-16,22-23,37H,12H2,1-6H3,(H,34,38)(H3,29,31,32,33)/t16-,22-,23+,25+,26+,43?/m0/s1. The topological polar surface area (TPSA) is 185 Å². The van der Waals surface area contributed by atoms with Gasteiger partial charge in [0, 0.05) is 6.04 Å². The fourth-order valence-corrected chi connectivity index (χ4v) is 5.85. The normalized spacial score (nSPS) is 26.0. The summed E-state index contributed by atoms with van der Waals surface area (Å²) >= 11 is 0. The maximum Gasteiger partial charge on any atom is 0.459 e. The SMILES string of the molecule is CC(C)Nc1nc(N)nc2c1ncn2[C@@H]1O[C@](F)(COP(=O)(N[C@@H](C)C(=O)OC(C)C)Oc2ccccc2)[C@@H](O)[C@@]1(C)F. The zero-order valence-electron chi connectivity index (χ0n) is 24.5. The number of alkyl halides is 2. The molecule has 1 aliphatic heterocycles. The molecule has 0 bridgehead atoms. The van der Waals surface area contributed by atoms with E-state index >= 15 is 8.78 Å². The molecule has 43 heavy (non-hydrogen) atoms. The molecule has 3 heterocycles. The van der Waals surface area contributed by atoms with Gasteiger partial charge in [0.25, 0.3) is 5.85 Å². The van der Waals surface area contributed by atoms with E-state index in [1.165, 1.54) is 19.1 Å². The third-order valence-corrected chi connectivity index (χ3v) is 7.93. The number of aromatic nitrogens is 4. The summed E-state index contributed by atoms with van der Waals surface area (Å²) in [5.74, 6) is -3.87. The number of hydrogen-bond donors (Lipinski definition) is 4. The largest absolute Gasteiger partial charge is 0.462 e. The Bertz CT molecular complexity index is 1490. The molecule has 14 nitrogen and oxygen atoms in total. The molecule has 0 spiro atoms. The van der Waals surface area contributed by atoms with Crippen molar-refractivity contribution in [3.63, 3.8) is 0 Å². The molecule has 1 aromatic carbocycles. The van der Waals surface area contributed by atoms with Crippen molar-refractivity contribution < 1.29 is 41.8 Å². The number of nitrogens with one attached hydrogen (secondary N) is 2. The van der Waals surface area contributed by atoms with Crippen LogP contribution in [0.1, 0.15) is 47.8 Å². The molecule has 236 valence electrons. The van der Waals surface area contributed by atoms with E-state index in [2.05, 4.69) is 25.4 Å². The molecule has 0 saturated carbocycles. The van der Waals surface area contributed by atoms with Crippen LogP contribution in [-0.2, 0) is 23.4 Å². The van der Waals surface area contributed by atoms with Crippen molar-refractivity contribution in [3.05, 3.63) is 36.7 Å². The summed E-state index contributed by atoms with van der Waals surface area (Å²) in [7, 11) is -4.57. The van der Waals surface area contributed by atoms with Crippen LogP contribution in [0, 0.1) is 0 Å². The number of nitrogen functional groups attached to an aromatic ring is 1. The minimum Gasteiger partial charge on any atom is -0.462 e. The van der Waals surface area contributed by atoms with E-state index in [1.807, 2.05) is 13.8 Å². The van der Waals surface area contributed by atoms with Gasteiger partial charge in [-0.25, -0.2) is 18.3 Å². The number of nitrogens with two attached hydrogens (primary N) is 1. The molecule has 2 aromatic heterocycles. The molecule has 3 aromatic rings. The lowest BCUT2D eigenvalue weighted by molar-refractivity contribution is -0.202. The van der Waals surface area contributed by atoms with Crippen molar-refractivity contribution in [2.75, 3.05) is 17.7 Å². The summed E-state index contributed by atoms with van der Waals surface area (Å²) in [6.45, 7) is 7.97. The Morgan fingerprint density at radius 1 is 1.21 bits per heavy atom. The molecule has 4 rings (SSSR count). The Hall–Kier alpha value is -3.43. The zero-order valence-corrected chi connectivity index (χ0v) is 25.4. The fourth-order valence-electron chi connectivity index (χ4n) is 4.35. The van der Waals surface area contributed by atoms with Gasteiger partial charge in [-0.15, -0.1) is 0 Å². The average molecular weight is 628 g/mol. The minimum atomic E-state index is -4.57. The molecular weight excluding hydrogens is 591 g/mol. The molecule has 1 saturated heterocycles. The third-order valence-electron chi connectivity index (χ3n) is 6.31. The summed E-state index contributed by atoms with van der Waals surface area (Å²) in [6, 6.07) is 6.47. The van der Waals surface area contributed by atoms with E-state index in [4.69, 9.17) is 24.3 Å². The van der Waals surface area contributed by atoms with Crippen LogP contribution in [0.4, 0.5) is 20.5 Å². The van der Waals surface area contributed by atoms with Crippen molar-refractivity contribution in [2.45, 2.75) is 83.6 Å². The van der Waals surface area contributed by atoms with Gasteiger partial charge in [0.15, 0.2) is 35.0 Å². The molecule has 1 aliphatic rings. The summed E-state index contributed by atoms with van der Waals surface area (Å²) < 4.78 is 68.6. The minimum absolute atomic E-state index is 0.0131. The van der Waals surface area contributed by atoms with Crippen LogP contribution in [0.15, 0.2) is 36.7 Å². The number of nitrogens with zero attached hydrogens (tertiary/aromatic N) is 4. The van der Waals surface area contributed by atoms with Crippen molar-refractivity contribution in [1.29, 1.82) is 0 Å². The van der Waals surface area contributed by atoms with Gasteiger partial charge in [-0.3, -0.25) is 13.9 Å². The van der Waals surface area contributed by atoms with E-state index in [0.29, 0.717) is 0 Å².